The predicted octanol–water partition coefficient (Wildman–Crippen LogP) is 4.60. The summed E-state index contributed by atoms with van der Waals surface area (Å²) in [7, 11) is -2.19. The minimum absolute atomic E-state index is 0.225. The van der Waals surface area contributed by atoms with Crippen LogP contribution in [0.15, 0.2) is 60.9 Å². The lowest BCUT2D eigenvalue weighted by Gasteiger charge is -2.30. The van der Waals surface area contributed by atoms with Crippen LogP contribution in [0, 0.1) is 13.8 Å². The monoisotopic (exact) mass is 483 g/mol. The van der Waals surface area contributed by atoms with Gasteiger partial charge in [-0.05, 0) is 51.0 Å². The van der Waals surface area contributed by atoms with Crippen molar-refractivity contribution in [2.24, 2.45) is 0 Å². The molecule has 0 radical (unpaired) electrons. The van der Waals surface area contributed by atoms with Crippen molar-refractivity contribution in [3.8, 4) is 5.75 Å². The van der Waals surface area contributed by atoms with Gasteiger partial charge in [0.05, 0.1) is 24.7 Å². The molecule has 0 aliphatic rings. The van der Waals surface area contributed by atoms with E-state index in [0.717, 1.165) is 28.1 Å². The fraction of sp³-hybridized carbons (Fsp3) is 0.385. The third-order valence-corrected chi connectivity index (χ3v) is 7.86. The number of ether oxygens (including phenoxy) is 2. The SMILES string of the molecule is CCO[C@@H](c1cnc(C)cn1)[C@@H](C)S(=O)(=O)N(Cc1ccc(C)cc1)Cc1ccc(OC)cc1. The van der Waals surface area contributed by atoms with Crippen molar-refractivity contribution in [1.82, 2.24) is 14.3 Å². The number of nitrogens with zero attached hydrogens (tertiary/aromatic N) is 3. The summed E-state index contributed by atoms with van der Waals surface area (Å²) >= 11 is 0. The summed E-state index contributed by atoms with van der Waals surface area (Å²) in [6, 6.07) is 15.3. The second-order valence-corrected chi connectivity index (χ2v) is 10.6. The Kier molecular flexibility index (Phi) is 8.77. The standard InChI is InChI=1S/C26H33N3O4S/c1-6-33-26(25-16-27-20(3)15-28-25)21(4)34(30,31)29(17-22-9-7-19(2)8-10-22)18-23-11-13-24(32-5)14-12-23/h7-16,21,26H,6,17-18H2,1-5H3/t21-,26-/m1/s1. The molecule has 0 N–H and O–H groups in total. The molecule has 2 aromatic carbocycles. The van der Waals surface area contributed by atoms with E-state index in [9.17, 15) is 8.42 Å². The summed E-state index contributed by atoms with van der Waals surface area (Å²) in [5.74, 6) is 0.722. The number of hydrogen-bond acceptors (Lipinski definition) is 6. The van der Waals surface area contributed by atoms with Gasteiger partial charge in [0, 0.05) is 25.9 Å². The Labute approximate surface area is 202 Å². The van der Waals surface area contributed by atoms with Crippen molar-refractivity contribution in [2.45, 2.75) is 52.1 Å². The number of hydrogen-bond donors (Lipinski definition) is 0. The van der Waals surface area contributed by atoms with Gasteiger partial charge < -0.3 is 9.47 Å². The molecular formula is C26H33N3O4S. The Balaban J connectivity index is 1.96. The van der Waals surface area contributed by atoms with Crippen LogP contribution in [0.3, 0.4) is 0 Å². The Morgan fingerprint density at radius 2 is 1.50 bits per heavy atom. The Morgan fingerprint density at radius 3 is 2.00 bits per heavy atom. The van der Waals surface area contributed by atoms with Gasteiger partial charge in [0.2, 0.25) is 10.0 Å². The molecule has 0 spiro atoms. The third-order valence-electron chi connectivity index (χ3n) is 5.69. The summed E-state index contributed by atoms with van der Waals surface area (Å²) in [6.07, 6.45) is 2.48. The van der Waals surface area contributed by atoms with Crippen molar-refractivity contribution in [1.29, 1.82) is 0 Å². The number of rotatable bonds is 11. The largest absolute Gasteiger partial charge is 0.497 e. The molecule has 2 atom stereocenters. The minimum atomic E-state index is -3.79. The topological polar surface area (TPSA) is 81.6 Å². The Hall–Kier alpha value is -2.81. The van der Waals surface area contributed by atoms with Crippen LogP contribution in [0.25, 0.3) is 0 Å². The van der Waals surface area contributed by atoms with E-state index in [1.807, 2.05) is 69.3 Å². The highest BCUT2D eigenvalue weighted by atomic mass is 32.2. The molecule has 8 heteroatoms. The summed E-state index contributed by atoms with van der Waals surface area (Å²) in [4.78, 5) is 8.69. The first-order valence-corrected chi connectivity index (χ1v) is 12.8. The summed E-state index contributed by atoms with van der Waals surface area (Å²) in [6.45, 7) is 8.19. The van der Waals surface area contributed by atoms with Gasteiger partial charge in [0.1, 0.15) is 17.1 Å². The molecule has 0 aliphatic carbocycles. The van der Waals surface area contributed by atoms with Gasteiger partial charge in [-0.15, -0.1) is 0 Å². The van der Waals surface area contributed by atoms with Gasteiger partial charge in [0.25, 0.3) is 0 Å². The van der Waals surface area contributed by atoms with Crippen molar-refractivity contribution >= 4 is 10.0 Å². The molecule has 0 aliphatic heterocycles. The number of methoxy groups -OCH3 is 1. The van der Waals surface area contributed by atoms with Gasteiger partial charge in [-0.25, -0.2) is 8.42 Å². The zero-order valence-electron chi connectivity index (χ0n) is 20.4. The maximum absolute atomic E-state index is 14.0. The lowest BCUT2D eigenvalue weighted by molar-refractivity contribution is 0.0573. The van der Waals surface area contributed by atoms with E-state index in [4.69, 9.17) is 9.47 Å². The normalized spacial score (nSPS) is 13.6. The van der Waals surface area contributed by atoms with Crippen LogP contribution in [0.4, 0.5) is 0 Å². The molecule has 3 rings (SSSR count). The third kappa shape index (κ3) is 6.40. The fourth-order valence-corrected chi connectivity index (χ4v) is 5.31. The molecule has 0 unspecified atom stereocenters. The molecular weight excluding hydrogens is 450 g/mol. The van der Waals surface area contributed by atoms with Gasteiger partial charge in [-0.2, -0.15) is 4.31 Å². The summed E-state index contributed by atoms with van der Waals surface area (Å²) in [5.41, 5.74) is 4.17. The van der Waals surface area contributed by atoms with Crippen molar-refractivity contribution < 1.29 is 17.9 Å². The van der Waals surface area contributed by atoms with E-state index < -0.39 is 21.4 Å². The molecule has 3 aromatic rings. The Morgan fingerprint density at radius 1 is 0.912 bits per heavy atom. The van der Waals surface area contributed by atoms with Gasteiger partial charge >= 0.3 is 0 Å². The fourth-order valence-electron chi connectivity index (χ4n) is 3.65. The van der Waals surface area contributed by atoms with Crippen LogP contribution >= 0.6 is 0 Å². The van der Waals surface area contributed by atoms with E-state index >= 15 is 0 Å². The predicted molar refractivity (Wildman–Crippen MR) is 133 cm³/mol. The van der Waals surface area contributed by atoms with Crippen molar-refractivity contribution in [2.75, 3.05) is 13.7 Å². The van der Waals surface area contributed by atoms with Crippen LogP contribution in [0.2, 0.25) is 0 Å². The molecule has 7 nitrogen and oxygen atoms in total. The zero-order valence-corrected chi connectivity index (χ0v) is 21.2. The molecule has 0 saturated carbocycles. The Bertz CT molecular complexity index is 1150. The number of sulfonamides is 1. The second-order valence-electron chi connectivity index (χ2n) is 8.31. The lowest BCUT2D eigenvalue weighted by Crippen LogP contribution is -2.40. The van der Waals surface area contributed by atoms with Crippen LogP contribution < -0.4 is 4.74 Å². The summed E-state index contributed by atoms with van der Waals surface area (Å²) < 4.78 is 40.6. The highest BCUT2D eigenvalue weighted by molar-refractivity contribution is 7.89. The first-order valence-electron chi connectivity index (χ1n) is 11.3. The van der Waals surface area contributed by atoms with E-state index in [1.54, 1.807) is 26.4 Å². The molecule has 1 heterocycles. The average Bonchev–Trinajstić information content (AvgIpc) is 2.84. The highest BCUT2D eigenvalue weighted by Crippen LogP contribution is 2.29. The molecule has 0 amide bonds. The van der Waals surface area contributed by atoms with Crippen LogP contribution in [0.1, 0.15) is 48.0 Å². The molecule has 182 valence electrons. The zero-order chi connectivity index (χ0) is 24.7. The van der Waals surface area contributed by atoms with Gasteiger partial charge in [0.15, 0.2) is 0 Å². The molecule has 1 aromatic heterocycles. The molecule has 0 bridgehead atoms. The van der Waals surface area contributed by atoms with Crippen LogP contribution in [0.5, 0.6) is 5.75 Å². The number of benzene rings is 2. The minimum Gasteiger partial charge on any atom is -0.497 e. The molecule has 0 fully saturated rings. The number of aromatic nitrogens is 2. The lowest BCUT2D eigenvalue weighted by atomic mass is 10.1. The van der Waals surface area contributed by atoms with Gasteiger partial charge in [-0.3, -0.25) is 9.97 Å². The second kappa shape index (κ2) is 11.6. The van der Waals surface area contributed by atoms with E-state index in [0.29, 0.717) is 12.3 Å². The smallest absolute Gasteiger partial charge is 0.220 e. The molecule has 0 saturated heterocycles. The summed E-state index contributed by atoms with van der Waals surface area (Å²) in [5, 5.41) is -0.867. The first-order chi connectivity index (χ1) is 16.2. The maximum atomic E-state index is 14.0. The van der Waals surface area contributed by atoms with Crippen molar-refractivity contribution in [3.05, 3.63) is 89.0 Å². The van der Waals surface area contributed by atoms with E-state index in [1.165, 1.54) is 4.31 Å². The van der Waals surface area contributed by atoms with Gasteiger partial charge in [-0.1, -0.05) is 42.0 Å². The maximum Gasteiger partial charge on any atom is 0.220 e. The highest BCUT2D eigenvalue weighted by Gasteiger charge is 2.37. The van der Waals surface area contributed by atoms with Crippen molar-refractivity contribution in [3.63, 3.8) is 0 Å². The van der Waals surface area contributed by atoms with Crippen LogP contribution in [-0.4, -0.2) is 41.7 Å². The first kappa shape index (κ1) is 25.8. The molecule has 34 heavy (non-hydrogen) atoms. The number of aryl methyl sites for hydroxylation is 2. The van der Waals surface area contributed by atoms with E-state index in [2.05, 4.69) is 9.97 Å². The quantitative estimate of drug-likeness (QED) is 0.396. The van der Waals surface area contributed by atoms with E-state index in [-0.39, 0.29) is 13.1 Å². The van der Waals surface area contributed by atoms with Crippen LogP contribution in [-0.2, 0) is 27.8 Å². The average molecular weight is 484 g/mol.